The Labute approximate surface area is 155 Å². The average Bonchev–Trinajstić information content (AvgIpc) is 2.91. The molecule has 0 radical (unpaired) electrons. The number of benzene rings is 1. The monoisotopic (exact) mass is 381 g/mol. The predicted molar refractivity (Wildman–Crippen MR) is 102 cm³/mol. The number of aromatic nitrogens is 1. The summed E-state index contributed by atoms with van der Waals surface area (Å²) in [5.41, 5.74) is 1.47. The molecule has 0 bridgehead atoms. The molecule has 0 aliphatic rings. The molecule has 7 heteroatoms. The number of nitrogens with zero attached hydrogens (tertiary/aromatic N) is 1. The van der Waals surface area contributed by atoms with Crippen LogP contribution in [0, 0.1) is 0 Å². The number of carbonyl (C=O) groups is 1. The van der Waals surface area contributed by atoms with Crippen molar-refractivity contribution in [3.63, 3.8) is 0 Å². The Morgan fingerprint density at radius 2 is 1.85 bits per heavy atom. The van der Waals surface area contributed by atoms with Gasteiger partial charge in [0.25, 0.3) is 10.1 Å². The van der Waals surface area contributed by atoms with Crippen molar-refractivity contribution < 1.29 is 22.1 Å². The zero-order chi connectivity index (χ0) is 19.4. The van der Waals surface area contributed by atoms with Crippen LogP contribution < -0.4 is 0 Å². The summed E-state index contributed by atoms with van der Waals surface area (Å²) in [4.78, 5) is 12.2. The molecule has 1 aromatic heterocycles. The van der Waals surface area contributed by atoms with E-state index in [2.05, 4.69) is 6.07 Å². The maximum atomic E-state index is 12.2. The van der Waals surface area contributed by atoms with Crippen LogP contribution in [-0.2, 0) is 25.5 Å². The van der Waals surface area contributed by atoms with E-state index in [9.17, 15) is 13.2 Å². The zero-order valence-corrected chi connectivity index (χ0v) is 16.6. The molecule has 0 aliphatic carbocycles. The smallest absolute Gasteiger partial charge is 0.418 e. The molecule has 26 heavy (non-hydrogen) atoms. The van der Waals surface area contributed by atoms with Gasteiger partial charge in [-0.25, -0.2) is 4.79 Å². The number of rotatable bonds is 7. The van der Waals surface area contributed by atoms with Crippen LogP contribution in [0.4, 0.5) is 4.79 Å². The minimum atomic E-state index is -3.34. The number of aryl methyl sites for hydroxylation is 1. The Bertz CT molecular complexity index is 862. The van der Waals surface area contributed by atoms with Gasteiger partial charge in [0.1, 0.15) is 5.60 Å². The van der Waals surface area contributed by atoms with Crippen molar-refractivity contribution in [1.82, 2.24) is 4.57 Å². The number of unbranched alkanes of at least 4 members (excludes halogenated alkanes) is 2. The van der Waals surface area contributed by atoms with Gasteiger partial charge in [0.2, 0.25) is 0 Å². The van der Waals surface area contributed by atoms with Gasteiger partial charge in [-0.3, -0.25) is 8.75 Å². The van der Waals surface area contributed by atoms with Crippen molar-refractivity contribution >= 4 is 27.1 Å². The first-order valence-electron chi connectivity index (χ1n) is 8.73. The Kier molecular flexibility index (Phi) is 6.47. The lowest BCUT2D eigenvalue weighted by atomic mass is 10.1. The molecule has 0 unspecified atom stereocenters. The molecule has 2 aromatic rings. The first kappa shape index (κ1) is 20.5. The summed E-state index contributed by atoms with van der Waals surface area (Å²) in [6, 6.07) is 7.92. The van der Waals surface area contributed by atoms with E-state index in [1.165, 1.54) is 10.1 Å². The van der Waals surface area contributed by atoms with Gasteiger partial charge >= 0.3 is 6.09 Å². The molecule has 0 N–H and O–H groups in total. The van der Waals surface area contributed by atoms with Crippen LogP contribution in [0.15, 0.2) is 30.5 Å². The highest BCUT2D eigenvalue weighted by Gasteiger charge is 2.18. The van der Waals surface area contributed by atoms with Crippen molar-refractivity contribution in [3.8, 4) is 0 Å². The van der Waals surface area contributed by atoms with Gasteiger partial charge in [0.15, 0.2) is 0 Å². The SMILES string of the molecule is CC(C)(C)OC(=O)n1ccc2cc(CCCCCOS(C)(=O)=O)ccc21. The fourth-order valence-electron chi connectivity index (χ4n) is 2.64. The fraction of sp³-hybridized carbons (Fsp3) is 0.526. The molecule has 0 saturated heterocycles. The van der Waals surface area contributed by atoms with Crippen LogP contribution in [0.1, 0.15) is 45.6 Å². The summed E-state index contributed by atoms with van der Waals surface area (Å²) >= 11 is 0. The van der Waals surface area contributed by atoms with E-state index in [0.29, 0.717) is 6.42 Å². The van der Waals surface area contributed by atoms with Crippen molar-refractivity contribution in [2.45, 2.75) is 52.1 Å². The molecule has 2 rings (SSSR count). The minimum absolute atomic E-state index is 0.233. The van der Waals surface area contributed by atoms with Gasteiger partial charge in [-0.15, -0.1) is 0 Å². The quantitative estimate of drug-likeness (QED) is 0.533. The van der Waals surface area contributed by atoms with E-state index in [1.54, 1.807) is 6.20 Å². The molecule has 1 aromatic carbocycles. The predicted octanol–water partition coefficient (Wildman–Crippen LogP) is 4.11. The van der Waals surface area contributed by atoms with E-state index < -0.39 is 15.7 Å². The molecule has 0 fully saturated rings. The van der Waals surface area contributed by atoms with Crippen LogP contribution in [-0.4, -0.2) is 37.5 Å². The minimum Gasteiger partial charge on any atom is -0.443 e. The van der Waals surface area contributed by atoms with Crippen LogP contribution in [0.5, 0.6) is 0 Å². The van der Waals surface area contributed by atoms with Crippen LogP contribution in [0.3, 0.4) is 0 Å². The third-order valence-electron chi connectivity index (χ3n) is 3.75. The maximum absolute atomic E-state index is 12.2. The van der Waals surface area contributed by atoms with E-state index in [4.69, 9.17) is 8.92 Å². The zero-order valence-electron chi connectivity index (χ0n) is 15.8. The highest BCUT2D eigenvalue weighted by Crippen LogP contribution is 2.20. The third-order valence-corrected chi connectivity index (χ3v) is 4.35. The van der Waals surface area contributed by atoms with Gasteiger partial charge in [-0.05, 0) is 63.8 Å². The van der Waals surface area contributed by atoms with Gasteiger partial charge < -0.3 is 4.74 Å². The summed E-state index contributed by atoms with van der Waals surface area (Å²) < 4.78 is 33.4. The van der Waals surface area contributed by atoms with Gasteiger partial charge in [0, 0.05) is 11.6 Å². The Hall–Kier alpha value is -1.86. The highest BCUT2D eigenvalue weighted by atomic mass is 32.2. The molecule has 0 saturated carbocycles. The number of ether oxygens (including phenoxy) is 1. The Morgan fingerprint density at radius 1 is 1.12 bits per heavy atom. The molecule has 0 amide bonds. The van der Waals surface area contributed by atoms with E-state index in [1.807, 2.05) is 39.0 Å². The van der Waals surface area contributed by atoms with Gasteiger partial charge in [0.05, 0.1) is 18.4 Å². The summed E-state index contributed by atoms with van der Waals surface area (Å²) in [7, 11) is -3.34. The first-order valence-corrected chi connectivity index (χ1v) is 10.5. The van der Waals surface area contributed by atoms with Crippen LogP contribution in [0.25, 0.3) is 10.9 Å². The number of hydrogen-bond acceptors (Lipinski definition) is 5. The molecular formula is C19H27NO5S. The maximum Gasteiger partial charge on any atom is 0.418 e. The summed E-state index contributed by atoms with van der Waals surface area (Å²) in [6.45, 7) is 5.76. The van der Waals surface area contributed by atoms with Crippen molar-refractivity contribution in [1.29, 1.82) is 0 Å². The summed E-state index contributed by atoms with van der Waals surface area (Å²) in [5.74, 6) is 0. The summed E-state index contributed by atoms with van der Waals surface area (Å²) in [6.07, 6.45) is 5.86. The second kappa shape index (κ2) is 8.22. The largest absolute Gasteiger partial charge is 0.443 e. The normalized spacial score (nSPS) is 12.5. The molecule has 0 aliphatic heterocycles. The topological polar surface area (TPSA) is 74.6 Å². The number of hydrogen-bond donors (Lipinski definition) is 0. The molecule has 6 nitrogen and oxygen atoms in total. The number of carbonyl (C=O) groups excluding carboxylic acids is 1. The van der Waals surface area contributed by atoms with Crippen LogP contribution in [0.2, 0.25) is 0 Å². The standard InChI is InChI=1S/C19H27NO5S/c1-19(2,3)25-18(21)20-12-11-16-14-15(9-10-17(16)20)8-6-5-7-13-24-26(4,22)23/h9-12,14H,5-8,13H2,1-4H3. The number of fused-ring (bicyclic) bond motifs is 1. The van der Waals surface area contributed by atoms with Crippen molar-refractivity contribution in [2.75, 3.05) is 12.9 Å². The Morgan fingerprint density at radius 3 is 2.50 bits per heavy atom. The second-order valence-corrected chi connectivity index (χ2v) is 9.04. The van der Waals surface area contributed by atoms with Crippen molar-refractivity contribution in [2.24, 2.45) is 0 Å². The Balaban J connectivity index is 1.91. The lowest BCUT2D eigenvalue weighted by Gasteiger charge is -2.19. The summed E-state index contributed by atoms with van der Waals surface area (Å²) in [5, 5.41) is 0.994. The highest BCUT2D eigenvalue weighted by molar-refractivity contribution is 7.85. The second-order valence-electron chi connectivity index (χ2n) is 7.40. The lowest BCUT2D eigenvalue weighted by Crippen LogP contribution is -2.26. The van der Waals surface area contributed by atoms with Crippen LogP contribution >= 0.6 is 0 Å². The van der Waals surface area contributed by atoms with Gasteiger partial charge in [-0.1, -0.05) is 12.5 Å². The van der Waals surface area contributed by atoms with Crippen molar-refractivity contribution in [3.05, 3.63) is 36.0 Å². The third kappa shape index (κ3) is 6.46. The van der Waals surface area contributed by atoms with E-state index >= 15 is 0 Å². The molecular weight excluding hydrogens is 354 g/mol. The molecule has 0 atom stereocenters. The lowest BCUT2D eigenvalue weighted by molar-refractivity contribution is 0.0544. The first-order chi connectivity index (χ1) is 12.1. The molecule has 1 heterocycles. The van der Waals surface area contributed by atoms with Gasteiger partial charge in [-0.2, -0.15) is 8.42 Å². The molecule has 0 spiro atoms. The average molecular weight is 381 g/mol. The van der Waals surface area contributed by atoms with E-state index in [-0.39, 0.29) is 12.7 Å². The van der Waals surface area contributed by atoms with E-state index in [0.717, 1.165) is 36.4 Å². The fourth-order valence-corrected chi connectivity index (χ4v) is 3.06. The molecule has 144 valence electrons.